The van der Waals surface area contributed by atoms with Gasteiger partial charge in [0.2, 0.25) is 11.8 Å². The van der Waals surface area contributed by atoms with Gasteiger partial charge in [-0.1, -0.05) is 48.2 Å². The summed E-state index contributed by atoms with van der Waals surface area (Å²) in [6.45, 7) is 0. The van der Waals surface area contributed by atoms with E-state index in [1.807, 2.05) is 24.3 Å². The highest BCUT2D eigenvalue weighted by Crippen LogP contribution is 2.27. The summed E-state index contributed by atoms with van der Waals surface area (Å²) in [6, 6.07) is 15.3. The van der Waals surface area contributed by atoms with Crippen molar-refractivity contribution in [3.8, 4) is 5.75 Å². The number of rotatable bonds is 5. The summed E-state index contributed by atoms with van der Waals surface area (Å²) < 4.78 is 5.24. The third kappa shape index (κ3) is 4.54. The third-order valence-corrected chi connectivity index (χ3v) is 6.05. The molecule has 1 fully saturated rings. The van der Waals surface area contributed by atoms with Crippen LogP contribution in [-0.4, -0.2) is 35.1 Å². The molecule has 1 atom stereocenters. The molecule has 2 amide bonds. The highest BCUT2D eigenvalue weighted by atomic mass is 32.2. The van der Waals surface area contributed by atoms with Gasteiger partial charge in [-0.25, -0.2) is 0 Å². The van der Waals surface area contributed by atoms with Crippen LogP contribution in [0.1, 0.15) is 30.4 Å². The van der Waals surface area contributed by atoms with Crippen LogP contribution in [0.15, 0.2) is 58.7 Å². The Hall–Kier alpha value is -3.13. The zero-order chi connectivity index (χ0) is 20.9. The van der Waals surface area contributed by atoms with Gasteiger partial charge in [-0.15, -0.1) is 5.10 Å². The van der Waals surface area contributed by atoms with Crippen molar-refractivity contribution in [2.45, 2.75) is 30.9 Å². The second kappa shape index (κ2) is 9.13. The minimum absolute atomic E-state index is 0.0347. The largest absolute Gasteiger partial charge is 0.495 e. The first-order valence-electron chi connectivity index (χ1n) is 9.77. The molecule has 154 valence electrons. The molecule has 2 aliphatic rings. The van der Waals surface area contributed by atoms with E-state index in [0.717, 1.165) is 30.5 Å². The summed E-state index contributed by atoms with van der Waals surface area (Å²) >= 11 is 1.23. The van der Waals surface area contributed by atoms with Gasteiger partial charge in [0.05, 0.1) is 18.5 Å². The average Bonchev–Trinajstić information content (AvgIpc) is 3.11. The molecule has 2 aromatic carbocycles. The number of carbonyl (C=O) groups is 2. The van der Waals surface area contributed by atoms with E-state index >= 15 is 0 Å². The second-order valence-electron chi connectivity index (χ2n) is 7.01. The molecule has 1 saturated heterocycles. The average molecular weight is 423 g/mol. The maximum Gasteiger partial charge on any atom is 0.240 e. The molecule has 1 heterocycles. The summed E-state index contributed by atoms with van der Waals surface area (Å²) in [5.41, 5.74) is 3.90. The maximum absolute atomic E-state index is 12.4. The van der Waals surface area contributed by atoms with Crippen LogP contribution in [0.4, 0.5) is 5.69 Å². The number of benzene rings is 2. The number of para-hydroxylation sites is 2. The van der Waals surface area contributed by atoms with E-state index in [1.54, 1.807) is 19.2 Å². The second-order valence-corrected chi connectivity index (χ2v) is 8.20. The van der Waals surface area contributed by atoms with E-state index in [1.165, 1.54) is 17.3 Å². The molecule has 0 aromatic heterocycles. The van der Waals surface area contributed by atoms with Crippen LogP contribution >= 0.6 is 11.8 Å². The Morgan fingerprint density at radius 3 is 2.83 bits per heavy atom. The first-order valence-corrected chi connectivity index (χ1v) is 10.6. The quantitative estimate of drug-likeness (QED) is 0.723. The molecule has 2 aromatic rings. The van der Waals surface area contributed by atoms with E-state index in [4.69, 9.17) is 4.74 Å². The van der Waals surface area contributed by atoms with Crippen LogP contribution in [-0.2, 0) is 16.0 Å². The number of ether oxygens (including phenoxy) is 1. The summed E-state index contributed by atoms with van der Waals surface area (Å²) in [4.78, 5) is 24.7. The maximum atomic E-state index is 12.4. The van der Waals surface area contributed by atoms with Gasteiger partial charge in [-0.2, -0.15) is 5.10 Å². The lowest BCUT2D eigenvalue weighted by Gasteiger charge is -2.16. The molecule has 1 aliphatic carbocycles. The van der Waals surface area contributed by atoms with Crippen molar-refractivity contribution < 1.29 is 14.3 Å². The van der Waals surface area contributed by atoms with E-state index in [2.05, 4.69) is 33.0 Å². The zero-order valence-corrected chi connectivity index (χ0v) is 17.4. The summed E-state index contributed by atoms with van der Waals surface area (Å²) in [5.74, 6) is 0.0688. The Kier molecular flexibility index (Phi) is 6.13. The summed E-state index contributed by atoms with van der Waals surface area (Å²) in [5, 5.41) is 14.0. The highest BCUT2D eigenvalue weighted by Gasteiger charge is 2.32. The molecule has 4 rings (SSSR count). The molecule has 7 nitrogen and oxygen atoms in total. The number of methoxy groups -OCH3 is 1. The smallest absolute Gasteiger partial charge is 0.240 e. The number of carbonyl (C=O) groups excluding carboxylic acids is 2. The van der Waals surface area contributed by atoms with Crippen molar-refractivity contribution in [3.63, 3.8) is 0 Å². The number of hydrogen-bond acceptors (Lipinski definition) is 6. The Balaban J connectivity index is 1.40. The lowest BCUT2D eigenvalue weighted by atomic mass is 9.90. The molecular formula is C22H22N4O3S. The lowest BCUT2D eigenvalue weighted by Crippen LogP contribution is -2.28. The van der Waals surface area contributed by atoms with Crippen molar-refractivity contribution in [2.24, 2.45) is 10.2 Å². The van der Waals surface area contributed by atoms with Gasteiger partial charge in [0, 0.05) is 12.0 Å². The van der Waals surface area contributed by atoms with Crippen LogP contribution in [0.25, 0.3) is 0 Å². The fraction of sp³-hybridized carbons (Fsp3) is 0.273. The standard InChI is InChI=1S/C22H22N4O3S/c1-29-18-12-5-4-10-17(18)23-20(27)13-19-21(28)24-22(30-19)26-25-16-11-6-8-14-7-2-3-9-15(14)16/h2-5,7,9-10,12,19H,6,8,11,13H2,1H3,(H,23,27)(H,24,26,28)/b25-16-/t19-/m0/s1. The van der Waals surface area contributed by atoms with Gasteiger partial charge >= 0.3 is 0 Å². The number of amidine groups is 1. The van der Waals surface area contributed by atoms with Gasteiger partial charge in [0.25, 0.3) is 0 Å². The monoisotopic (exact) mass is 422 g/mol. The number of aryl methyl sites for hydroxylation is 1. The van der Waals surface area contributed by atoms with E-state index in [-0.39, 0.29) is 18.2 Å². The number of nitrogens with zero attached hydrogens (tertiary/aromatic N) is 2. The first kappa shape index (κ1) is 20.2. The van der Waals surface area contributed by atoms with Gasteiger partial charge in [-0.05, 0) is 37.0 Å². The molecule has 0 spiro atoms. The molecule has 1 aliphatic heterocycles. The Morgan fingerprint density at radius 1 is 1.17 bits per heavy atom. The summed E-state index contributed by atoms with van der Waals surface area (Å²) in [6.07, 6.45) is 2.97. The van der Waals surface area contributed by atoms with Gasteiger partial charge in [0.1, 0.15) is 11.0 Å². The van der Waals surface area contributed by atoms with Gasteiger partial charge in [-0.3, -0.25) is 9.59 Å². The number of thioether (sulfide) groups is 1. The summed E-state index contributed by atoms with van der Waals surface area (Å²) in [7, 11) is 1.54. The molecule has 0 radical (unpaired) electrons. The molecular weight excluding hydrogens is 400 g/mol. The normalized spacial score (nSPS) is 20.7. The molecule has 0 saturated carbocycles. The van der Waals surface area contributed by atoms with Crippen molar-refractivity contribution in [1.29, 1.82) is 0 Å². The van der Waals surface area contributed by atoms with Crippen molar-refractivity contribution >= 4 is 40.1 Å². The Bertz CT molecular complexity index is 1030. The van der Waals surface area contributed by atoms with Crippen molar-refractivity contribution in [3.05, 3.63) is 59.7 Å². The third-order valence-electron chi connectivity index (χ3n) is 4.98. The minimum Gasteiger partial charge on any atom is -0.495 e. The molecule has 2 N–H and O–H groups in total. The van der Waals surface area contributed by atoms with Crippen molar-refractivity contribution in [1.82, 2.24) is 5.32 Å². The predicted molar refractivity (Wildman–Crippen MR) is 119 cm³/mol. The predicted octanol–water partition coefficient (Wildman–Crippen LogP) is 3.35. The number of fused-ring (bicyclic) bond motifs is 1. The minimum atomic E-state index is -0.544. The van der Waals surface area contributed by atoms with Crippen molar-refractivity contribution in [2.75, 3.05) is 12.4 Å². The van der Waals surface area contributed by atoms with Crippen LogP contribution < -0.4 is 15.4 Å². The lowest BCUT2D eigenvalue weighted by molar-refractivity contribution is -0.122. The molecule has 8 heteroatoms. The van der Waals surface area contributed by atoms with Crippen LogP contribution in [0.2, 0.25) is 0 Å². The Labute approximate surface area is 179 Å². The number of amides is 2. The number of hydrogen-bond donors (Lipinski definition) is 2. The zero-order valence-electron chi connectivity index (χ0n) is 16.6. The van der Waals surface area contributed by atoms with Crippen LogP contribution in [0, 0.1) is 0 Å². The molecule has 30 heavy (non-hydrogen) atoms. The van der Waals surface area contributed by atoms with E-state index in [9.17, 15) is 9.59 Å². The Morgan fingerprint density at radius 2 is 1.97 bits per heavy atom. The highest BCUT2D eigenvalue weighted by molar-refractivity contribution is 8.15. The topological polar surface area (TPSA) is 92.2 Å². The first-order chi connectivity index (χ1) is 14.6. The fourth-order valence-corrected chi connectivity index (χ4v) is 4.43. The number of nitrogens with one attached hydrogen (secondary N) is 2. The molecule has 0 bridgehead atoms. The number of anilines is 1. The van der Waals surface area contributed by atoms with E-state index in [0.29, 0.717) is 16.6 Å². The SMILES string of the molecule is COc1ccccc1NC(=O)C[C@@H]1S/C(=N\N=C2\CCCc3ccccc32)NC1=O. The van der Waals surface area contributed by atoms with Gasteiger partial charge in [0.15, 0.2) is 5.17 Å². The van der Waals surface area contributed by atoms with Gasteiger partial charge < -0.3 is 15.4 Å². The van der Waals surface area contributed by atoms with E-state index < -0.39 is 5.25 Å². The molecule has 0 unspecified atom stereocenters. The van der Waals surface area contributed by atoms with Crippen LogP contribution in [0.5, 0.6) is 5.75 Å². The van der Waals surface area contributed by atoms with Crippen LogP contribution in [0.3, 0.4) is 0 Å². The fourth-order valence-electron chi connectivity index (χ4n) is 3.51.